The van der Waals surface area contributed by atoms with Gasteiger partial charge in [0.2, 0.25) is 0 Å². The number of rotatable bonds is 4. The minimum atomic E-state index is -4.16. The zero-order valence-electron chi connectivity index (χ0n) is 13.1. The number of carboxylic acids is 1. The number of aromatic nitrogens is 1. The summed E-state index contributed by atoms with van der Waals surface area (Å²) in [5.74, 6) is -0.884. The smallest absolute Gasteiger partial charge is 0.354 e. The van der Waals surface area contributed by atoms with E-state index < -0.39 is 16.2 Å². The van der Waals surface area contributed by atoms with Crippen LogP contribution in [0.5, 0.6) is 0 Å². The Morgan fingerprint density at radius 1 is 1.25 bits per heavy atom. The van der Waals surface area contributed by atoms with Crippen LogP contribution < -0.4 is 10.5 Å². The molecule has 1 aliphatic rings. The lowest BCUT2D eigenvalue weighted by molar-refractivity contribution is -0.663. The van der Waals surface area contributed by atoms with Crippen LogP contribution in [-0.4, -0.2) is 36.6 Å². The Hall–Kier alpha value is -2.16. The number of piperidine rings is 1. The van der Waals surface area contributed by atoms with E-state index in [1.807, 2.05) is 18.2 Å². The van der Waals surface area contributed by atoms with Crippen LogP contribution >= 0.6 is 0 Å². The molecular weight excluding hydrogens is 330 g/mol. The van der Waals surface area contributed by atoms with Gasteiger partial charge in [0, 0.05) is 24.6 Å². The van der Waals surface area contributed by atoms with E-state index in [0.29, 0.717) is 21.0 Å². The average Bonchev–Trinajstić information content (AvgIpc) is 3.01. The molecule has 1 fully saturated rings. The molecule has 1 aliphatic heterocycles. The largest absolute Gasteiger partial charge is 0.477 e. The topological polar surface area (TPSA) is 119 Å². The predicted molar refractivity (Wildman–Crippen MR) is 89.0 cm³/mol. The first-order chi connectivity index (χ1) is 11.4. The summed E-state index contributed by atoms with van der Waals surface area (Å²) in [4.78, 5) is 11.6. The second-order valence-corrected chi connectivity index (χ2v) is 7.41. The number of quaternary nitrogens is 1. The molecule has 0 radical (unpaired) electrons. The second-order valence-electron chi connectivity index (χ2n) is 5.99. The zero-order chi connectivity index (χ0) is 17.3. The van der Waals surface area contributed by atoms with E-state index in [1.54, 1.807) is 6.07 Å². The summed E-state index contributed by atoms with van der Waals surface area (Å²) in [5, 5.41) is 16.8. The van der Waals surface area contributed by atoms with E-state index in [-0.39, 0.29) is 5.69 Å². The fourth-order valence-corrected chi connectivity index (χ4v) is 3.95. The Morgan fingerprint density at radius 2 is 1.96 bits per heavy atom. The monoisotopic (exact) mass is 350 g/mol. The van der Waals surface area contributed by atoms with Crippen LogP contribution in [0.3, 0.4) is 0 Å². The first kappa shape index (κ1) is 16.7. The van der Waals surface area contributed by atoms with Crippen LogP contribution in [0.1, 0.15) is 34.8 Å². The summed E-state index contributed by atoms with van der Waals surface area (Å²) in [6.45, 7) is 2.16. The quantitative estimate of drug-likeness (QED) is 0.737. The highest BCUT2D eigenvalue weighted by atomic mass is 32.2. The third kappa shape index (κ3) is 3.21. The van der Waals surface area contributed by atoms with Crippen LogP contribution in [0.4, 0.5) is 0 Å². The van der Waals surface area contributed by atoms with Crippen LogP contribution in [0.15, 0.2) is 36.5 Å². The minimum absolute atomic E-state index is 0.341. The van der Waals surface area contributed by atoms with E-state index in [2.05, 4.69) is 5.32 Å². The Balaban J connectivity index is 2.06. The molecule has 0 spiro atoms. The molecule has 0 saturated carbocycles. The molecule has 128 valence electrons. The van der Waals surface area contributed by atoms with Gasteiger partial charge < -0.3 is 10.4 Å². The van der Waals surface area contributed by atoms with Crippen molar-refractivity contribution in [1.29, 1.82) is 0 Å². The van der Waals surface area contributed by atoms with E-state index in [9.17, 15) is 18.3 Å². The summed E-state index contributed by atoms with van der Waals surface area (Å²) in [6.07, 6.45) is 3.33. The maximum absolute atomic E-state index is 11.6. The lowest BCUT2D eigenvalue weighted by atomic mass is 9.88. The molecule has 0 unspecified atom stereocenters. The average molecular weight is 350 g/mol. The molecular formula is C16H20N3O4S+. The van der Waals surface area contributed by atoms with Crippen LogP contribution in [0.25, 0.3) is 11.1 Å². The van der Waals surface area contributed by atoms with Crippen molar-refractivity contribution in [2.75, 3.05) is 13.1 Å². The van der Waals surface area contributed by atoms with Gasteiger partial charge in [-0.05, 0) is 23.1 Å². The predicted octanol–water partition coefficient (Wildman–Crippen LogP) is 0.346. The van der Waals surface area contributed by atoms with Gasteiger partial charge in [0.15, 0.2) is 5.69 Å². The number of benzene rings is 1. The Morgan fingerprint density at radius 3 is 2.58 bits per heavy atom. The molecule has 3 rings (SSSR count). The van der Waals surface area contributed by atoms with Gasteiger partial charge in [-0.25, -0.2) is 13.9 Å². The number of hydrogen-bond acceptors (Lipinski definition) is 3. The van der Waals surface area contributed by atoms with Gasteiger partial charge in [-0.15, -0.1) is 0 Å². The molecule has 0 atom stereocenters. The minimum Gasteiger partial charge on any atom is -0.477 e. The second kappa shape index (κ2) is 6.39. The van der Waals surface area contributed by atoms with Crippen molar-refractivity contribution in [2.45, 2.75) is 18.8 Å². The fourth-order valence-electron chi connectivity index (χ4n) is 3.29. The molecule has 1 aromatic heterocycles. The van der Waals surface area contributed by atoms with Gasteiger partial charge in [0.25, 0.3) is 0 Å². The Labute approximate surface area is 140 Å². The van der Waals surface area contributed by atoms with Gasteiger partial charge in [-0.1, -0.05) is 24.3 Å². The highest BCUT2D eigenvalue weighted by Crippen LogP contribution is 2.30. The molecule has 1 aromatic carbocycles. The van der Waals surface area contributed by atoms with Gasteiger partial charge in [-0.3, -0.25) is 0 Å². The SMILES string of the molecule is NS(=O)(=O)n1ccc(-c2cccc(C3CC[NH2+]CC3)c2)c1C(=O)O. The highest BCUT2D eigenvalue weighted by molar-refractivity contribution is 7.87. The van der Waals surface area contributed by atoms with Crippen LogP contribution in [0.2, 0.25) is 0 Å². The van der Waals surface area contributed by atoms with Crippen LogP contribution in [0, 0.1) is 0 Å². The van der Waals surface area contributed by atoms with Crippen LogP contribution in [-0.2, 0) is 10.2 Å². The summed E-state index contributed by atoms with van der Waals surface area (Å²) >= 11 is 0. The van der Waals surface area contributed by atoms with E-state index in [0.717, 1.165) is 31.5 Å². The van der Waals surface area contributed by atoms with Crippen molar-refractivity contribution < 1.29 is 23.6 Å². The third-order valence-corrected chi connectivity index (χ3v) is 5.29. The van der Waals surface area contributed by atoms with E-state index >= 15 is 0 Å². The lowest BCUT2D eigenvalue weighted by Crippen LogP contribution is -2.86. The summed E-state index contributed by atoms with van der Waals surface area (Å²) < 4.78 is 23.8. The molecule has 2 aromatic rings. The van der Waals surface area contributed by atoms with Gasteiger partial charge in [-0.2, -0.15) is 8.42 Å². The maximum Gasteiger partial charge on any atom is 0.354 e. The van der Waals surface area contributed by atoms with Gasteiger partial charge in [0.1, 0.15) is 0 Å². The molecule has 1 saturated heterocycles. The molecule has 24 heavy (non-hydrogen) atoms. The number of carboxylic acid groups (broad SMARTS) is 1. The van der Waals surface area contributed by atoms with Gasteiger partial charge >= 0.3 is 16.2 Å². The van der Waals surface area contributed by atoms with E-state index in [1.165, 1.54) is 12.3 Å². The molecule has 7 nitrogen and oxygen atoms in total. The number of nitrogens with zero attached hydrogens (tertiary/aromatic N) is 1. The lowest BCUT2D eigenvalue weighted by Gasteiger charge is -2.21. The maximum atomic E-state index is 11.6. The normalized spacial score (nSPS) is 16.2. The highest BCUT2D eigenvalue weighted by Gasteiger charge is 2.24. The first-order valence-corrected chi connectivity index (χ1v) is 9.28. The first-order valence-electron chi connectivity index (χ1n) is 7.78. The zero-order valence-corrected chi connectivity index (χ0v) is 13.9. The van der Waals surface area contributed by atoms with Crippen molar-refractivity contribution in [1.82, 2.24) is 3.97 Å². The Kier molecular flexibility index (Phi) is 4.44. The summed E-state index contributed by atoms with van der Waals surface area (Å²) in [5.41, 5.74) is 1.84. The number of carbonyl (C=O) groups is 1. The summed E-state index contributed by atoms with van der Waals surface area (Å²) in [7, 11) is -4.16. The molecule has 0 amide bonds. The number of hydrogen-bond donors (Lipinski definition) is 3. The third-order valence-electron chi connectivity index (χ3n) is 4.44. The molecule has 0 aliphatic carbocycles. The Bertz CT molecular complexity index is 867. The molecule has 8 heteroatoms. The van der Waals surface area contributed by atoms with Crippen molar-refractivity contribution in [3.05, 3.63) is 47.8 Å². The summed E-state index contributed by atoms with van der Waals surface area (Å²) in [6, 6.07) is 9.13. The molecule has 5 N–H and O–H groups in total. The number of nitrogens with two attached hydrogens (primary N) is 2. The van der Waals surface area contributed by atoms with E-state index in [4.69, 9.17) is 5.14 Å². The van der Waals surface area contributed by atoms with Crippen molar-refractivity contribution in [3.63, 3.8) is 0 Å². The van der Waals surface area contributed by atoms with Crippen molar-refractivity contribution in [2.24, 2.45) is 5.14 Å². The number of aromatic carboxylic acids is 1. The molecule has 2 heterocycles. The van der Waals surface area contributed by atoms with Gasteiger partial charge in [0.05, 0.1) is 13.1 Å². The fraction of sp³-hybridized carbons (Fsp3) is 0.312. The van der Waals surface area contributed by atoms with Crippen molar-refractivity contribution >= 4 is 16.2 Å². The van der Waals surface area contributed by atoms with Crippen molar-refractivity contribution in [3.8, 4) is 11.1 Å². The molecule has 0 bridgehead atoms. The standard InChI is InChI=1S/C16H19N3O4S/c17-24(22,23)19-9-6-14(15(19)16(20)21)13-3-1-2-12(10-13)11-4-7-18-8-5-11/h1-3,6,9-11,18H,4-5,7-8H2,(H,20,21)(H2,17,22,23)/p+1.